The molecule has 1 amide bonds. The molecule has 4 rings (SSSR count). The molecule has 1 unspecified atom stereocenters. The van der Waals surface area contributed by atoms with Gasteiger partial charge in [-0.05, 0) is 20.8 Å². The summed E-state index contributed by atoms with van der Waals surface area (Å²) in [5, 5.41) is 4.01. The van der Waals surface area contributed by atoms with Crippen LogP contribution in [0.15, 0.2) is 17.2 Å². The van der Waals surface area contributed by atoms with Crippen molar-refractivity contribution in [1.29, 1.82) is 0 Å². The van der Waals surface area contributed by atoms with Crippen LogP contribution in [0.5, 0.6) is 0 Å². The van der Waals surface area contributed by atoms with Crippen molar-refractivity contribution in [2.45, 2.75) is 33.4 Å². The quantitative estimate of drug-likeness (QED) is 0.705. The summed E-state index contributed by atoms with van der Waals surface area (Å²) in [6, 6.07) is -0.409. The van der Waals surface area contributed by atoms with E-state index in [-0.39, 0.29) is 5.91 Å². The van der Waals surface area contributed by atoms with E-state index in [1.807, 2.05) is 25.7 Å². The molecule has 148 valence electrons. The summed E-state index contributed by atoms with van der Waals surface area (Å²) in [6.07, 6.45) is 2.99. The van der Waals surface area contributed by atoms with Crippen LogP contribution in [0.4, 0.5) is 5.82 Å². The van der Waals surface area contributed by atoms with Crippen molar-refractivity contribution in [3.05, 3.63) is 29.7 Å². The molecule has 1 aliphatic heterocycles. The number of aromatic nitrogens is 5. The Morgan fingerprint density at radius 1 is 1.21 bits per heavy atom. The number of hydrogen-bond acceptors (Lipinski definition) is 8. The number of fused-ring (bicyclic) bond motifs is 1. The number of nitrogen functional groups attached to an aromatic ring is 1. The maximum absolute atomic E-state index is 13.0. The van der Waals surface area contributed by atoms with Crippen LogP contribution in [0.3, 0.4) is 0 Å². The summed E-state index contributed by atoms with van der Waals surface area (Å²) in [4.78, 5) is 29.7. The van der Waals surface area contributed by atoms with E-state index >= 15 is 0 Å². The SMILES string of the molecule is Cc1noc(C)c1CN1CCN(C(=O)C(C)n2cnc3c(N)ncnc32)CC1. The Labute approximate surface area is 162 Å². The minimum absolute atomic E-state index is 0.0495. The van der Waals surface area contributed by atoms with Crippen molar-refractivity contribution in [2.75, 3.05) is 31.9 Å². The minimum atomic E-state index is -0.409. The molecular formula is C18H24N8O2. The van der Waals surface area contributed by atoms with E-state index < -0.39 is 6.04 Å². The summed E-state index contributed by atoms with van der Waals surface area (Å²) < 4.78 is 7.00. The fourth-order valence-electron chi connectivity index (χ4n) is 3.61. The van der Waals surface area contributed by atoms with Crippen LogP contribution in [0, 0.1) is 13.8 Å². The predicted octanol–water partition coefficient (Wildman–Crippen LogP) is 0.919. The molecule has 0 aliphatic carbocycles. The van der Waals surface area contributed by atoms with Crippen LogP contribution in [0.1, 0.15) is 30.0 Å². The third kappa shape index (κ3) is 3.19. The van der Waals surface area contributed by atoms with E-state index in [1.165, 1.54) is 6.33 Å². The van der Waals surface area contributed by atoms with Gasteiger partial charge in [0, 0.05) is 38.3 Å². The third-order valence-electron chi connectivity index (χ3n) is 5.41. The van der Waals surface area contributed by atoms with Crippen molar-refractivity contribution in [3.8, 4) is 0 Å². The van der Waals surface area contributed by atoms with Gasteiger partial charge >= 0.3 is 0 Å². The Morgan fingerprint density at radius 2 is 1.96 bits per heavy atom. The number of nitrogens with zero attached hydrogens (tertiary/aromatic N) is 7. The number of imidazole rings is 1. The second-order valence-corrected chi connectivity index (χ2v) is 7.16. The van der Waals surface area contributed by atoms with Crippen molar-refractivity contribution in [1.82, 2.24) is 34.5 Å². The highest BCUT2D eigenvalue weighted by Crippen LogP contribution is 2.21. The molecule has 1 fully saturated rings. The lowest BCUT2D eigenvalue weighted by atomic mass is 10.1. The number of carbonyl (C=O) groups is 1. The Balaban J connectivity index is 1.41. The molecule has 1 aliphatic rings. The van der Waals surface area contributed by atoms with Crippen LogP contribution in [0.2, 0.25) is 0 Å². The topological polar surface area (TPSA) is 119 Å². The van der Waals surface area contributed by atoms with E-state index in [4.69, 9.17) is 10.3 Å². The number of aryl methyl sites for hydroxylation is 2. The smallest absolute Gasteiger partial charge is 0.245 e. The van der Waals surface area contributed by atoms with Crippen LogP contribution in [-0.4, -0.2) is 66.6 Å². The van der Waals surface area contributed by atoms with Crippen molar-refractivity contribution in [2.24, 2.45) is 0 Å². The minimum Gasteiger partial charge on any atom is -0.382 e. The van der Waals surface area contributed by atoms with E-state index in [0.717, 1.165) is 36.7 Å². The lowest BCUT2D eigenvalue weighted by Gasteiger charge is -2.36. The number of piperazine rings is 1. The fourth-order valence-corrected chi connectivity index (χ4v) is 3.61. The van der Waals surface area contributed by atoms with Gasteiger partial charge in [0.05, 0.1) is 12.0 Å². The number of hydrogen-bond donors (Lipinski definition) is 1. The standard InChI is InChI=1S/C18H24N8O2/c1-11-14(13(3)28-23-11)8-24-4-6-25(7-5-24)18(27)12(2)26-10-22-15-16(19)20-9-21-17(15)26/h9-10,12H,4-8H2,1-3H3,(H2,19,20,21). The van der Waals surface area contributed by atoms with E-state index in [2.05, 4.69) is 25.0 Å². The predicted molar refractivity (Wildman–Crippen MR) is 102 cm³/mol. The van der Waals surface area contributed by atoms with Crippen molar-refractivity contribution in [3.63, 3.8) is 0 Å². The van der Waals surface area contributed by atoms with Crippen LogP contribution < -0.4 is 5.73 Å². The van der Waals surface area contributed by atoms with Gasteiger partial charge in [-0.25, -0.2) is 15.0 Å². The number of anilines is 1. The lowest BCUT2D eigenvalue weighted by Crippen LogP contribution is -2.49. The first kappa shape index (κ1) is 18.4. The summed E-state index contributed by atoms with van der Waals surface area (Å²) >= 11 is 0. The van der Waals surface area contributed by atoms with E-state index in [0.29, 0.717) is 30.1 Å². The Kier molecular flexibility index (Phi) is 4.71. The first-order valence-corrected chi connectivity index (χ1v) is 9.31. The summed E-state index contributed by atoms with van der Waals surface area (Å²) in [6.45, 7) is 9.51. The molecule has 3 aromatic heterocycles. The first-order valence-electron chi connectivity index (χ1n) is 9.31. The second-order valence-electron chi connectivity index (χ2n) is 7.16. The Morgan fingerprint density at radius 3 is 2.64 bits per heavy atom. The van der Waals surface area contributed by atoms with Crippen LogP contribution >= 0.6 is 0 Å². The Hall–Kier alpha value is -3.01. The highest BCUT2D eigenvalue weighted by molar-refractivity contribution is 5.85. The highest BCUT2D eigenvalue weighted by Gasteiger charge is 2.28. The maximum Gasteiger partial charge on any atom is 0.245 e. The number of nitrogens with two attached hydrogens (primary N) is 1. The van der Waals surface area contributed by atoms with Gasteiger partial charge < -0.3 is 19.7 Å². The van der Waals surface area contributed by atoms with E-state index in [9.17, 15) is 4.79 Å². The van der Waals surface area contributed by atoms with E-state index in [1.54, 1.807) is 10.9 Å². The highest BCUT2D eigenvalue weighted by atomic mass is 16.5. The van der Waals surface area contributed by atoms with Gasteiger partial charge in [0.15, 0.2) is 11.5 Å². The summed E-state index contributed by atoms with van der Waals surface area (Å²) in [7, 11) is 0. The third-order valence-corrected chi connectivity index (χ3v) is 5.41. The molecule has 0 bridgehead atoms. The molecule has 0 radical (unpaired) electrons. The van der Waals surface area contributed by atoms with Gasteiger partial charge in [-0.2, -0.15) is 0 Å². The molecule has 10 nitrogen and oxygen atoms in total. The average Bonchev–Trinajstić information content (AvgIpc) is 3.27. The molecule has 0 spiro atoms. The summed E-state index contributed by atoms with van der Waals surface area (Å²) in [5.41, 5.74) is 9.00. The molecule has 0 saturated carbocycles. The van der Waals surface area contributed by atoms with Gasteiger partial charge in [-0.1, -0.05) is 5.16 Å². The monoisotopic (exact) mass is 384 g/mol. The lowest BCUT2D eigenvalue weighted by molar-refractivity contribution is -0.136. The zero-order valence-corrected chi connectivity index (χ0v) is 16.3. The average molecular weight is 384 g/mol. The molecule has 4 heterocycles. The number of amides is 1. The fraction of sp³-hybridized carbons (Fsp3) is 0.500. The van der Waals surface area contributed by atoms with Crippen LogP contribution in [-0.2, 0) is 11.3 Å². The number of carbonyl (C=O) groups excluding carboxylic acids is 1. The molecular weight excluding hydrogens is 360 g/mol. The Bertz CT molecular complexity index is 983. The zero-order valence-electron chi connectivity index (χ0n) is 16.3. The van der Waals surface area contributed by atoms with Gasteiger partial charge in [-0.15, -0.1) is 0 Å². The van der Waals surface area contributed by atoms with Gasteiger partial charge in [-0.3, -0.25) is 9.69 Å². The molecule has 28 heavy (non-hydrogen) atoms. The van der Waals surface area contributed by atoms with Crippen LogP contribution in [0.25, 0.3) is 11.2 Å². The molecule has 3 aromatic rings. The van der Waals surface area contributed by atoms with Gasteiger partial charge in [0.25, 0.3) is 0 Å². The largest absolute Gasteiger partial charge is 0.382 e. The second kappa shape index (κ2) is 7.19. The molecule has 1 atom stereocenters. The van der Waals surface area contributed by atoms with Gasteiger partial charge in [0.1, 0.15) is 23.6 Å². The maximum atomic E-state index is 13.0. The van der Waals surface area contributed by atoms with Crippen molar-refractivity contribution < 1.29 is 9.32 Å². The molecule has 10 heteroatoms. The zero-order chi connectivity index (χ0) is 19.8. The molecule has 2 N–H and O–H groups in total. The molecule has 0 aromatic carbocycles. The van der Waals surface area contributed by atoms with Gasteiger partial charge in [0.2, 0.25) is 5.91 Å². The normalized spacial score (nSPS) is 16.6. The first-order chi connectivity index (χ1) is 13.5. The summed E-state index contributed by atoms with van der Waals surface area (Å²) in [5.74, 6) is 1.22. The van der Waals surface area contributed by atoms with Crippen molar-refractivity contribution >= 4 is 22.9 Å². The molecule has 1 saturated heterocycles. The number of rotatable bonds is 4.